The molecule has 0 amide bonds. The average Bonchev–Trinajstić information content (AvgIpc) is 2.86. The van der Waals surface area contributed by atoms with E-state index in [-0.39, 0.29) is 0 Å². The first-order chi connectivity index (χ1) is 9.71. The number of pyridine rings is 1. The lowest BCUT2D eigenvalue weighted by atomic mass is 9.93. The lowest BCUT2D eigenvalue weighted by Crippen LogP contribution is -2.00. The number of hydrogen-bond donors (Lipinski definition) is 1. The van der Waals surface area contributed by atoms with E-state index in [1.807, 2.05) is 6.20 Å². The fraction of sp³-hybridized carbons (Fsp3) is 0.278. The van der Waals surface area contributed by atoms with Gasteiger partial charge in [-0.25, -0.2) is 0 Å². The molecule has 0 bridgehead atoms. The van der Waals surface area contributed by atoms with Crippen LogP contribution in [0.15, 0.2) is 36.0 Å². The number of aromatic nitrogens is 1. The maximum absolute atomic E-state index is 5.71. The Hall–Kier alpha value is -1.93. The molecule has 0 atom stereocenters. The summed E-state index contributed by atoms with van der Waals surface area (Å²) in [6.07, 6.45) is 6.28. The van der Waals surface area contributed by atoms with Gasteiger partial charge in [0.15, 0.2) is 0 Å². The summed E-state index contributed by atoms with van der Waals surface area (Å²) < 4.78 is 0. The number of allylic oxidation sites excluding steroid dienone is 1. The van der Waals surface area contributed by atoms with Crippen LogP contribution in [0.3, 0.4) is 0 Å². The minimum atomic E-state index is 0.487. The van der Waals surface area contributed by atoms with Crippen molar-refractivity contribution in [1.29, 1.82) is 0 Å². The second kappa shape index (κ2) is 5.22. The highest BCUT2D eigenvalue weighted by molar-refractivity contribution is 5.78. The lowest BCUT2D eigenvalue weighted by Gasteiger charge is -2.12. The predicted molar refractivity (Wildman–Crippen MR) is 84.3 cm³/mol. The van der Waals surface area contributed by atoms with Crippen LogP contribution in [-0.2, 0) is 19.4 Å². The van der Waals surface area contributed by atoms with Gasteiger partial charge >= 0.3 is 0 Å². The topological polar surface area (TPSA) is 38.9 Å². The van der Waals surface area contributed by atoms with Gasteiger partial charge in [-0.1, -0.05) is 30.7 Å². The Balaban J connectivity index is 2.17. The van der Waals surface area contributed by atoms with Crippen LogP contribution in [0, 0.1) is 0 Å². The summed E-state index contributed by atoms with van der Waals surface area (Å²) in [6, 6.07) is 8.84. The van der Waals surface area contributed by atoms with Crippen LogP contribution >= 0.6 is 0 Å². The van der Waals surface area contributed by atoms with Gasteiger partial charge in [0, 0.05) is 12.7 Å². The molecule has 2 N–H and O–H groups in total. The molecule has 0 saturated heterocycles. The molecule has 1 aromatic heterocycles. The normalized spacial score (nSPS) is 13.2. The zero-order chi connectivity index (χ0) is 14.1. The van der Waals surface area contributed by atoms with Crippen molar-refractivity contribution in [3.05, 3.63) is 58.4 Å². The number of aryl methyl sites for hydroxylation is 1. The molecule has 2 aromatic rings. The minimum absolute atomic E-state index is 0.487. The largest absolute Gasteiger partial charge is 0.325 e. The van der Waals surface area contributed by atoms with Crippen molar-refractivity contribution in [2.45, 2.75) is 33.2 Å². The third-order valence-corrected chi connectivity index (χ3v) is 3.95. The molecular formula is C18H20N2. The fourth-order valence-electron chi connectivity index (χ4n) is 2.90. The molecule has 0 radical (unpaired) electrons. The van der Waals surface area contributed by atoms with E-state index < -0.39 is 0 Å². The van der Waals surface area contributed by atoms with Gasteiger partial charge in [0.1, 0.15) is 0 Å². The van der Waals surface area contributed by atoms with Gasteiger partial charge in [0.05, 0.1) is 5.69 Å². The molecule has 0 unspecified atom stereocenters. The fourth-order valence-corrected chi connectivity index (χ4v) is 2.90. The molecule has 3 rings (SSSR count). The first-order valence-corrected chi connectivity index (χ1v) is 7.19. The number of nitrogens with two attached hydrogens (primary N) is 1. The molecule has 0 saturated carbocycles. The Labute approximate surface area is 120 Å². The van der Waals surface area contributed by atoms with Gasteiger partial charge in [0.2, 0.25) is 0 Å². The van der Waals surface area contributed by atoms with E-state index in [0.717, 1.165) is 18.5 Å². The highest BCUT2D eigenvalue weighted by atomic mass is 14.7. The smallest absolute Gasteiger partial charge is 0.0545 e. The van der Waals surface area contributed by atoms with Crippen molar-refractivity contribution in [1.82, 2.24) is 4.98 Å². The number of fused-ring (bicyclic) bond motifs is 1. The molecule has 0 aliphatic heterocycles. The Morgan fingerprint density at radius 1 is 1.25 bits per heavy atom. The van der Waals surface area contributed by atoms with Gasteiger partial charge in [-0.15, -0.1) is 0 Å². The molecule has 20 heavy (non-hydrogen) atoms. The molecule has 0 fully saturated rings. The monoisotopic (exact) mass is 264 g/mol. The molecule has 102 valence electrons. The maximum Gasteiger partial charge on any atom is 0.0545 e. The van der Waals surface area contributed by atoms with E-state index in [0.29, 0.717) is 6.54 Å². The molecule has 1 aliphatic carbocycles. The van der Waals surface area contributed by atoms with Gasteiger partial charge in [-0.3, -0.25) is 4.98 Å². The van der Waals surface area contributed by atoms with E-state index in [4.69, 9.17) is 5.73 Å². The maximum atomic E-state index is 5.71. The van der Waals surface area contributed by atoms with Gasteiger partial charge in [0.25, 0.3) is 0 Å². The highest BCUT2D eigenvalue weighted by Gasteiger charge is 2.16. The summed E-state index contributed by atoms with van der Waals surface area (Å²) in [5.41, 5.74) is 14.9. The number of rotatable bonds is 3. The second-order valence-corrected chi connectivity index (χ2v) is 5.47. The van der Waals surface area contributed by atoms with E-state index in [9.17, 15) is 0 Å². The van der Waals surface area contributed by atoms with Crippen LogP contribution in [0.1, 0.15) is 36.2 Å². The standard InChI is InChI=1S/C18H20N2/c1-3-13-8-15-6-12(2)7-17(15)18(9-13)14-4-5-20-16(10-14)11-19/h4-6,8-10H,3,7,11,19H2,1-2H3. The second-order valence-electron chi connectivity index (χ2n) is 5.47. The van der Waals surface area contributed by atoms with Crippen molar-refractivity contribution < 1.29 is 0 Å². The van der Waals surface area contributed by atoms with Crippen LogP contribution in [0.25, 0.3) is 17.2 Å². The van der Waals surface area contributed by atoms with Crippen molar-refractivity contribution in [2.75, 3.05) is 0 Å². The third-order valence-electron chi connectivity index (χ3n) is 3.95. The van der Waals surface area contributed by atoms with Crippen LogP contribution in [-0.4, -0.2) is 4.98 Å². The van der Waals surface area contributed by atoms with E-state index >= 15 is 0 Å². The van der Waals surface area contributed by atoms with Crippen molar-refractivity contribution in [3.8, 4) is 11.1 Å². The van der Waals surface area contributed by atoms with Crippen LogP contribution in [0.5, 0.6) is 0 Å². The summed E-state index contributed by atoms with van der Waals surface area (Å²) >= 11 is 0. The summed E-state index contributed by atoms with van der Waals surface area (Å²) in [7, 11) is 0. The van der Waals surface area contributed by atoms with E-state index in [2.05, 4.69) is 49.2 Å². The summed E-state index contributed by atoms with van der Waals surface area (Å²) in [5, 5.41) is 0. The molecule has 2 nitrogen and oxygen atoms in total. The Morgan fingerprint density at radius 2 is 2.10 bits per heavy atom. The summed E-state index contributed by atoms with van der Waals surface area (Å²) in [4.78, 5) is 4.30. The Kier molecular flexibility index (Phi) is 3.41. The number of hydrogen-bond acceptors (Lipinski definition) is 2. The van der Waals surface area contributed by atoms with Crippen LogP contribution in [0.2, 0.25) is 0 Å². The van der Waals surface area contributed by atoms with E-state index in [1.165, 1.54) is 33.4 Å². The van der Waals surface area contributed by atoms with Crippen molar-refractivity contribution in [2.24, 2.45) is 5.73 Å². The summed E-state index contributed by atoms with van der Waals surface area (Å²) in [6.45, 7) is 4.89. The molecule has 1 aromatic carbocycles. The molecule has 2 heteroatoms. The van der Waals surface area contributed by atoms with Crippen LogP contribution in [0.4, 0.5) is 0 Å². The predicted octanol–water partition coefficient (Wildman–Crippen LogP) is 3.73. The first-order valence-electron chi connectivity index (χ1n) is 7.19. The number of benzene rings is 1. The first kappa shape index (κ1) is 13.1. The zero-order valence-electron chi connectivity index (χ0n) is 12.1. The molecule has 0 spiro atoms. The molecule has 1 aliphatic rings. The van der Waals surface area contributed by atoms with Crippen molar-refractivity contribution >= 4 is 6.08 Å². The molecular weight excluding hydrogens is 244 g/mol. The summed E-state index contributed by atoms with van der Waals surface area (Å²) in [5.74, 6) is 0. The number of nitrogens with zero attached hydrogens (tertiary/aromatic N) is 1. The van der Waals surface area contributed by atoms with Gasteiger partial charge < -0.3 is 5.73 Å². The Morgan fingerprint density at radius 3 is 2.85 bits per heavy atom. The minimum Gasteiger partial charge on any atom is -0.325 e. The average molecular weight is 264 g/mol. The van der Waals surface area contributed by atoms with Gasteiger partial charge in [-0.05, 0) is 59.7 Å². The Bertz CT molecular complexity index is 684. The highest BCUT2D eigenvalue weighted by Crippen LogP contribution is 2.35. The van der Waals surface area contributed by atoms with Gasteiger partial charge in [-0.2, -0.15) is 0 Å². The quantitative estimate of drug-likeness (QED) is 0.917. The third kappa shape index (κ3) is 2.27. The van der Waals surface area contributed by atoms with E-state index in [1.54, 1.807) is 0 Å². The zero-order valence-corrected chi connectivity index (χ0v) is 12.1. The SMILES string of the molecule is CCc1cc2c(c(-c3ccnc(CN)c3)c1)CC(C)=C2. The molecule has 1 heterocycles. The lowest BCUT2D eigenvalue weighted by molar-refractivity contribution is 0.991. The van der Waals surface area contributed by atoms with Crippen molar-refractivity contribution in [3.63, 3.8) is 0 Å². The van der Waals surface area contributed by atoms with Crippen LogP contribution < -0.4 is 5.73 Å².